The average Bonchev–Trinajstić information content (AvgIpc) is 2.20. The molecule has 94 valence electrons. The molecule has 1 aromatic carbocycles. The number of rotatable bonds is 4. The summed E-state index contributed by atoms with van der Waals surface area (Å²) in [6, 6.07) is 4.67. The fourth-order valence-corrected chi connectivity index (χ4v) is 2.34. The maximum Gasteiger partial charge on any atom is 0.147 e. The summed E-state index contributed by atoms with van der Waals surface area (Å²) in [5.74, 6) is 0.166. The van der Waals surface area contributed by atoms with Crippen LogP contribution in [0, 0.1) is 5.82 Å². The molecule has 0 atom stereocenters. The highest BCUT2D eigenvalue weighted by atomic mass is 79.9. The largest absolute Gasteiger partial charge is 0.298 e. The lowest BCUT2D eigenvalue weighted by Crippen LogP contribution is -2.14. The van der Waals surface area contributed by atoms with E-state index in [1.54, 1.807) is 23.9 Å². The predicted molar refractivity (Wildman–Crippen MR) is 75.0 cm³/mol. The van der Waals surface area contributed by atoms with E-state index in [-0.39, 0.29) is 22.8 Å². The molecule has 0 heterocycles. The average molecular weight is 319 g/mol. The molecule has 0 radical (unpaired) electrons. The fraction of sp³-hybridized carbons (Fsp3) is 0.462. The summed E-state index contributed by atoms with van der Waals surface area (Å²) < 4.78 is 14.3. The van der Waals surface area contributed by atoms with Gasteiger partial charge in [-0.15, -0.1) is 11.8 Å². The van der Waals surface area contributed by atoms with E-state index in [0.29, 0.717) is 11.3 Å². The van der Waals surface area contributed by atoms with Gasteiger partial charge in [0.15, 0.2) is 0 Å². The number of carbonyl (C=O) groups is 1. The molecular weight excluding hydrogens is 303 g/mol. The molecule has 1 nitrogen and oxygen atoms in total. The Labute approximate surface area is 114 Å². The summed E-state index contributed by atoms with van der Waals surface area (Å²) >= 11 is 4.86. The van der Waals surface area contributed by atoms with Gasteiger partial charge in [-0.25, -0.2) is 4.39 Å². The van der Waals surface area contributed by atoms with E-state index >= 15 is 0 Å². The van der Waals surface area contributed by atoms with E-state index in [0.717, 1.165) is 4.47 Å². The third kappa shape index (κ3) is 5.68. The summed E-state index contributed by atoms with van der Waals surface area (Å²) in [7, 11) is 0. The first-order valence-electron chi connectivity index (χ1n) is 5.37. The molecule has 17 heavy (non-hydrogen) atoms. The number of hydrogen-bond donors (Lipinski definition) is 0. The summed E-state index contributed by atoms with van der Waals surface area (Å²) in [5.41, 5.74) is 0.457. The van der Waals surface area contributed by atoms with Crippen molar-refractivity contribution in [2.75, 3.05) is 5.75 Å². The molecule has 0 saturated heterocycles. The number of thioether (sulfide) groups is 1. The lowest BCUT2D eigenvalue weighted by Gasteiger charge is -2.16. The number of hydrogen-bond acceptors (Lipinski definition) is 2. The zero-order chi connectivity index (χ0) is 13.1. The first-order chi connectivity index (χ1) is 7.78. The number of ketones is 1. The lowest BCUT2D eigenvalue weighted by atomic mass is 10.1. The van der Waals surface area contributed by atoms with Crippen molar-refractivity contribution in [1.29, 1.82) is 0 Å². The van der Waals surface area contributed by atoms with Gasteiger partial charge >= 0.3 is 0 Å². The number of Topliss-reactive ketones (excluding diaryl/α,β-unsaturated/α-hetero) is 1. The van der Waals surface area contributed by atoms with Gasteiger partial charge in [-0.3, -0.25) is 4.79 Å². The first kappa shape index (κ1) is 14.7. The van der Waals surface area contributed by atoms with Gasteiger partial charge in [0.1, 0.15) is 11.6 Å². The van der Waals surface area contributed by atoms with E-state index in [2.05, 4.69) is 36.7 Å². The monoisotopic (exact) mass is 318 g/mol. The normalized spacial score (nSPS) is 11.6. The van der Waals surface area contributed by atoms with Gasteiger partial charge in [-0.2, -0.15) is 0 Å². The van der Waals surface area contributed by atoms with Crippen LogP contribution in [0.15, 0.2) is 22.7 Å². The van der Waals surface area contributed by atoms with E-state index in [1.165, 1.54) is 6.07 Å². The summed E-state index contributed by atoms with van der Waals surface area (Å²) in [4.78, 5) is 11.7. The van der Waals surface area contributed by atoms with Gasteiger partial charge in [0.05, 0.1) is 5.75 Å². The Kier molecular flexibility index (Phi) is 5.20. The van der Waals surface area contributed by atoms with Gasteiger partial charge in [0, 0.05) is 15.6 Å². The summed E-state index contributed by atoms with van der Waals surface area (Å²) in [5, 5.41) is 0. The van der Waals surface area contributed by atoms with Gasteiger partial charge in [-0.1, -0.05) is 36.7 Å². The van der Waals surface area contributed by atoms with Gasteiger partial charge in [0.2, 0.25) is 0 Å². The highest BCUT2D eigenvalue weighted by Crippen LogP contribution is 2.24. The Hall–Kier alpha value is -0.350. The third-order valence-corrected chi connectivity index (χ3v) is 3.89. The van der Waals surface area contributed by atoms with Crippen LogP contribution in [0.1, 0.15) is 26.3 Å². The minimum Gasteiger partial charge on any atom is -0.298 e. The highest BCUT2D eigenvalue weighted by molar-refractivity contribution is 9.10. The van der Waals surface area contributed by atoms with E-state index < -0.39 is 0 Å². The minimum absolute atomic E-state index is 0.0573. The zero-order valence-corrected chi connectivity index (χ0v) is 12.6. The van der Waals surface area contributed by atoms with Crippen LogP contribution in [0.4, 0.5) is 4.39 Å². The maximum atomic E-state index is 13.4. The van der Waals surface area contributed by atoms with Crippen LogP contribution < -0.4 is 0 Å². The molecule has 0 saturated carbocycles. The molecule has 1 rings (SSSR count). The van der Waals surface area contributed by atoms with Crippen molar-refractivity contribution in [2.24, 2.45) is 0 Å². The second-order valence-corrected chi connectivity index (χ2v) is 7.57. The Bertz CT molecular complexity index is 412. The van der Waals surface area contributed by atoms with Crippen LogP contribution in [-0.2, 0) is 11.2 Å². The lowest BCUT2D eigenvalue weighted by molar-refractivity contribution is -0.116. The topological polar surface area (TPSA) is 17.1 Å². The second-order valence-electron chi connectivity index (χ2n) is 4.85. The molecule has 0 N–H and O–H groups in total. The van der Waals surface area contributed by atoms with Crippen LogP contribution in [0.3, 0.4) is 0 Å². The highest BCUT2D eigenvalue weighted by Gasteiger charge is 2.15. The van der Waals surface area contributed by atoms with E-state index in [1.807, 2.05) is 0 Å². The van der Waals surface area contributed by atoms with Crippen molar-refractivity contribution in [3.63, 3.8) is 0 Å². The van der Waals surface area contributed by atoms with Crippen molar-refractivity contribution in [2.45, 2.75) is 31.9 Å². The summed E-state index contributed by atoms with van der Waals surface area (Å²) in [6.07, 6.45) is 0.161. The van der Waals surface area contributed by atoms with E-state index in [4.69, 9.17) is 0 Å². The van der Waals surface area contributed by atoms with Crippen molar-refractivity contribution < 1.29 is 9.18 Å². The van der Waals surface area contributed by atoms with Crippen LogP contribution in [-0.4, -0.2) is 16.3 Å². The maximum absolute atomic E-state index is 13.4. The van der Waals surface area contributed by atoms with Gasteiger partial charge in [0.25, 0.3) is 0 Å². The molecule has 0 aromatic heterocycles. The van der Waals surface area contributed by atoms with Crippen LogP contribution in [0.2, 0.25) is 0 Å². The Morgan fingerprint density at radius 3 is 2.65 bits per heavy atom. The third-order valence-electron chi connectivity index (χ3n) is 2.06. The molecule has 0 aliphatic heterocycles. The van der Waals surface area contributed by atoms with Crippen molar-refractivity contribution in [1.82, 2.24) is 0 Å². The molecule has 0 aliphatic rings. The SMILES string of the molecule is CC(C)(C)SCC(=O)Cc1cc(Br)ccc1F. The first-order valence-corrected chi connectivity index (χ1v) is 7.15. The van der Waals surface area contributed by atoms with Gasteiger partial charge < -0.3 is 0 Å². The molecule has 0 spiro atoms. The molecular formula is C13H16BrFOS. The fourth-order valence-electron chi connectivity index (χ4n) is 1.24. The Morgan fingerprint density at radius 1 is 1.41 bits per heavy atom. The Morgan fingerprint density at radius 2 is 2.06 bits per heavy atom. The van der Waals surface area contributed by atoms with Crippen molar-refractivity contribution >= 4 is 33.5 Å². The van der Waals surface area contributed by atoms with Crippen LogP contribution in [0.25, 0.3) is 0 Å². The number of benzene rings is 1. The zero-order valence-electron chi connectivity index (χ0n) is 10.2. The quantitative estimate of drug-likeness (QED) is 0.826. The van der Waals surface area contributed by atoms with Crippen molar-refractivity contribution in [3.05, 3.63) is 34.1 Å². The predicted octanol–water partition coefficient (Wildman–Crippen LogP) is 4.23. The van der Waals surface area contributed by atoms with Crippen molar-refractivity contribution in [3.8, 4) is 0 Å². The Balaban J connectivity index is 2.59. The molecule has 1 aromatic rings. The van der Waals surface area contributed by atoms with Crippen LogP contribution in [0.5, 0.6) is 0 Å². The van der Waals surface area contributed by atoms with E-state index in [9.17, 15) is 9.18 Å². The number of halogens is 2. The molecule has 0 bridgehead atoms. The standard InChI is InChI=1S/C13H16BrFOS/c1-13(2,3)17-8-11(16)7-9-6-10(14)4-5-12(9)15/h4-6H,7-8H2,1-3H3. The number of carbonyl (C=O) groups excluding carboxylic acids is 1. The smallest absolute Gasteiger partial charge is 0.147 e. The summed E-state index contributed by atoms with van der Waals surface area (Å²) in [6.45, 7) is 6.18. The molecule has 4 heteroatoms. The van der Waals surface area contributed by atoms with Crippen LogP contribution >= 0.6 is 27.7 Å². The van der Waals surface area contributed by atoms with Gasteiger partial charge in [-0.05, 0) is 23.8 Å². The molecule has 0 unspecified atom stereocenters. The molecule has 0 fully saturated rings. The molecule has 0 amide bonds. The molecule has 0 aliphatic carbocycles. The second kappa shape index (κ2) is 6.01. The minimum atomic E-state index is -0.317.